The first-order valence-corrected chi connectivity index (χ1v) is 14.1. The molecule has 1 aromatic heterocycles. The molecule has 2 aromatic carbocycles. The molecule has 3 rings (SSSR count). The van der Waals surface area contributed by atoms with Gasteiger partial charge in [-0.15, -0.1) is 0 Å². The monoisotopic (exact) mass is 545 g/mol. The fraction of sp³-hybridized carbons (Fsp3) is 0.407. The van der Waals surface area contributed by atoms with Crippen LogP contribution in [0, 0.1) is 6.92 Å². The normalized spacial score (nSPS) is 12.0. The minimum atomic E-state index is -3.52. The van der Waals surface area contributed by atoms with Crippen molar-refractivity contribution in [1.29, 1.82) is 0 Å². The number of hydrogen-bond donors (Lipinski definition) is 3. The quantitative estimate of drug-likeness (QED) is 0.283. The smallest absolute Gasteiger partial charge is 0.229 e. The van der Waals surface area contributed by atoms with Gasteiger partial charge >= 0.3 is 0 Å². The summed E-state index contributed by atoms with van der Waals surface area (Å²) >= 11 is 6.37. The second-order valence-corrected chi connectivity index (χ2v) is 13.0. The third-order valence-electron chi connectivity index (χ3n) is 5.77. The maximum Gasteiger partial charge on any atom is 0.229 e. The van der Waals surface area contributed by atoms with Crippen LogP contribution < -0.4 is 20.7 Å². The molecule has 0 unspecified atom stereocenters. The SMILES string of the molecule is COc1cc(CCNC(C)(C)C)c(C)cc1Nc1ncc(Cl)c(Nc2ccccc2S(=O)(=O)C(C)C)n1. The lowest BCUT2D eigenvalue weighted by molar-refractivity contribution is 0.414. The second-order valence-electron chi connectivity index (χ2n) is 10.1. The number of methoxy groups -OCH3 is 1. The van der Waals surface area contributed by atoms with Crippen LogP contribution in [0.4, 0.5) is 23.1 Å². The Hall–Kier alpha value is -2.88. The third kappa shape index (κ3) is 7.34. The summed E-state index contributed by atoms with van der Waals surface area (Å²) in [6.45, 7) is 12.6. The maximum atomic E-state index is 12.8. The number of para-hydroxylation sites is 1. The number of hydrogen-bond acceptors (Lipinski definition) is 8. The topological polar surface area (TPSA) is 105 Å². The van der Waals surface area contributed by atoms with Crippen molar-refractivity contribution >= 4 is 44.6 Å². The Labute approximate surface area is 225 Å². The molecule has 0 atom stereocenters. The predicted octanol–water partition coefficient (Wildman–Crippen LogP) is 6.05. The molecule has 0 aliphatic heterocycles. The first-order valence-electron chi connectivity index (χ1n) is 12.1. The molecule has 10 heteroatoms. The maximum absolute atomic E-state index is 12.8. The fourth-order valence-electron chi connectivity index (χ4n) is 3.67. The number of benzene rings is 2. The highest BCUT2D eigenvalue weighted by molar-refractivity contribution is 7.92. The van der Waals surface area contributed by atoms with E-state index >= 15 is 0 Å². The highest BCUT2D eigenvalue weighted by Gasteiger charge is 2.23. The van der Waals surface area contributed by atoms with Crippen molar-refractivity contribution in [2.45, 2.75) is 63.6 Å². The molecule has 37 heavy (non-hydrogen) atoms. The molecule has 0 radical (unpaired) electrons. The van der Waals surface area contributed by atoms with Crippen LogP contribution in [0.3, 0.4) is 0 Å². The number of anilines is 4. The Bertz CT molecular complexity index is 1350. The van der Waals surface area contributed by atoms with E-state index in [1.165, 1.54) is 11.8 Å². The van der Waals surface area contributed by atoms with E-state index in [9.17, 15) is 8.42 Å². The van der Waals surface area contributed by atoms with Crippen molar-refractivity contribution in [3.05, 3.63) is 58.7 Å². The van der Waals surface area contributed by atoms with Gasteiger partial charge in [0, 0.05) is 5.54 Å². The van der Waals surface area contributed by atoms with Crippen LogP contribution in [0.25, 0.3) is 0 Å². The van der Waals surface area contributed by atoms with Crippen molar-refractivity contribution in [3.63, 3.8) is 0 Å². The van der Waals surface area contributed by atoms with Crippen LogP contribution >= 0.6 is 11.6 Å². The van der Waals surface area contributed by atoms with E-state index in [1.54, 1.807) is 45.2 Å². The number of nitrogens with zero attached hydrogens (tertiary/aromatic N) is 2. The highest BCUT2D eigenvalue weighted by Crippen LogP contribution is 2.33. The van der Waals surface area contributed by atoms with Gasteiger partial charge in [0.1, 0.15) is 10.8 Å². The van der Waals surface area contributed by atoms with Crippen molar-refractivity contribution in [2.75, 3.05) is 24.3 Å². The van der Waals surface area contributed by atoms with Crippen LogP contribution in [-0.2, 0) is 16.3 Å². The summed E-state index contributed by atoms with van der Waals surface area (Å²) in [4.78, 5) is 8.99. The number of sulfone groups is 1. The zero-order chi connectivity index (χ0) is 27.4. The molecule has 3 aromatic rings. The molecule has 0 aliphatic carbocycles. The summed E-state index contributed by atoms with van der Waals surface area (Å²) in [7, 11) is -1.90. The molecule has 0 spiro atoms. The average Bonchev–Trinajstić information content (AvgIpc) is 2.82. The second kappa shape index (κ2) is 11.7. The van der Waals surface area contributed by atoms with E-state index in [2.05, 4.69) is 53.6 Å². The largest absolute Gasteiger partial charge is 0.495 e. The molecule has 0 saturated carbocycles. The fourth-order valence-corrected chi connectivity index (χ4v) is 5.01. The van der Waals surface area contributed by atoms with Gasteiger partial charge in [0.15, 0.2) is 15.7 Å². The van der Waals surface area contributed by atoms with E-state index in [4.69, 9.17) is 16.3 Å². The van der Waals surface area contributed by atoms with Gasteiger partial charge in [-0.3, -0.25) is 0 Å². The van der Waals surface area contributed by atoms with Crippen molar-refractivity contribution in [1.82, 2.24) is 15.3 Å². The third-order valence-corrected chi connectivity index (χ3v) is 8.25. The summed E-state index contributed by atoms with van der Waals surface area (Å²) in [6.07, 6.45) is 2.33. The first kappa shape index (κ1) is 28.7. The summed E-state index contributed by atoms with van der Waals surface area (Å²) in [5.74, 6) is 1.24. The number of halogens is 1. The van der Waals surface area contributed by atoms with Gasteiger partial charge in [0.25, 0.3) is 0 Å². The average molecular weight is 546 g/mol. The minimum Gasteiger partial charge on any atom is -0.495 e. The van der Waals surface area contributed by atoms with Crippen molar-refractivity contribution < 1.29 is 13.2 Å². The molecule has 0 saturated heterocycles. The molecule has 0 fully saturated rings. The zero-order valence-electron chi connectivity index (χ0n) is 22.4. The van der Waals surface area contributed by atoms with Gasteiger partial charge in [0.05, 0.1) is 34.8 Å². The van der Waals surface area contributed by atoms with E-state index in [0.29, 0.717) is 17.1 Å². The number of rotatable bonds is 10. The van der Waals surface area contributed by atoms with Crippen molar-refractivity contribution in [3.8, 4) is 5.75 Å². The van der Waals surface area contributed by atoms with Gasteiger partial charge in [-0.05, 0) is 89.9 Å². The lowest BCUT2D eigenvalue weighted by Gasteiger charge is -2.21. The Kier molecular flexibility index (Phi) is 9.05. The Morgan fingerprint density at radius 1 is 1.08 bits per heavy atom. The predicted molar refractivity (Wildman–Crippen MR) is 152 cm³/mol. The summed E-state index contributed by atoms with van der Waals surface area (Å²) in [6, 6.07) is 10.7. The molecular weight excluding hydrogens is 510 g/mol. The lowest BCUT2D eigenvalue weighted by Crippen LogP contribution is -2.37. The van der Waals surface area contributed by atoms with E-state index in [0.717, 1.165) is 18.5 Å². The van der Waals surface area contributed by atoms with Gasteiger partial charge in [-0.2, -0.15) is 4.98 Å². The number of ether oxygens (including phenoxy) is 1. The van der Waals surface area contributed by atoms with Crippen LogP contribution in [0.1, 0.15) is 45.7 Å². The summed E-state index contributed by atoms with van der Waals surface area (Å²) in [5, 5.41) is 9.47. The van der Waals surface area contributed by atoms with Gasteiger partial charge < -0.3 is 20.7 Å². The van der Waals surface area contributed by atoms with Crippen LogP contribution in [0.2, 0.25) is 5.02 Å². The molecule has 0 bridgehead atoms. The summed E-state index contributed by atoms with van der Waals surface area (Å²) < 4.78 is 31.3. The molecule has 0 aliphatic rings. The van der Waals surface area contributed by atoms with Crippen LogP contribution in [-0.4, -0.2) is 42.8 Å². The Morgan fingerprint density at radius 2 is 1.78 bits per heavy atom. The van der Waals surface area contributed by atoms with Crippen molar-refractivity contribution in [2.24, 2.45) is 0 Å². The van der Waals surface area contributed by atoms with Gasteiger partial charge in [-0.1, -0.05) is 23.7 Å². The standard InChI is InChI=1S/C27H36ClN5O3S/c1-17(2)37(34,35)24-11-9-8-10-21(24)31-25-20(28)16-29-26(33-25)32-22-14-18(3)19(15-23(22)36-7)12-13-30-27(4,5)6/h8-11,14-17,30H,12-13H2,1-7H3,(H2,29,31,32,33). The molecular formula is C27H36ClN5O3S. The van der Waals surface area contributed by atoms with Gasteiger partial charge in [-0.25, -0.2) is 13.4 Å². The molecule has 200 valence electrons. The molecule has 0 amide bonds. The number of aryl methyl sites for hydroxylation is 1. The van der Waals surface area contributed by atoms with E-state index < -0.39 is 15.1 Å². The zero-order valence-corrected chi connectivity index (χ0v) is 24.0. The first-order chi connectivity index (χ1) is 17.3. The van der Waals surface area contributed by atoms with Gasteiger partial charge in [0.2, 0.25) is 5.95 Å². The van der Waals surface area contributed by atoms with Crippen LogP contribution in [0.5, 0.6) is 5.75 Å². The molecule has 8 nitrogen and oxygen atoms in total. The van der Waals surface area contributed by atoms with E-state index in [1.807, 2.05) is 12.1 Å². The lowest BCUT2D eigenvalue weighted by atomic mass is 10.0. The van der Waals surface area contributed by atoms with E-state index in [-0.39, 0.29) is 27.2 Å². The Balaban J connectivity index is 1.87. The van der Waals surface area contributed by atoms with Crippen LogP contribution in [0.15, 0.2) is 47.5 Å². The molecule has 3 N–H and O–H groups in total. The number of nitrogens with one attached hydrogen (secondary N) is 3. The molecule has 1 heterocycles. The minimum absolute atomic E-state index is 0.0522. The Morgan fingerprint density at radius 3 is 2.43 bits per heavy atom. The summed E-state index contributed by atoms with van der Waals surface area (Å²) in [5.41, 5.74) is 3.45. The number of aromatic nitrogens is 2. The highest BCUT2D eigenvalue weighted by atomic mass is 35.5.